The van der Waals surface area contributed by atoms with E-state index in [2.05, 4.69) is 0 Å². The van der Waals surface area contributed by atoms with Crippen LogP contribution in [0.15, 0.2) is 0 Å². The molecule has 0 aliphatic heterocycles. The van der Waals surface area contributed by atoms with E-state index in [4.69, 9.17) is 0 Å². The summed E-state index contributed by atoms with van der Waals surface area (Å²) in [6.07, 6.45) is 0. The Bertz CT molecular complexity index is 15.2. The van der Waals surface area contributed by atoms with E-state index in [1.165, 1.54) is 0 Å². The third-order valence-corrected chi connectivity index (χ3v) is 0. The molecule has 0 saturated heterocycles. The summed E-state index contributed by atoms with van der Waals surface area (Å²) >= 11 is 0. The molecule has 0 aromatic carbocycles. The monoisotopic (exact) mass is 498 g/mol. The zero-order chi connectivity index (χ0) is 0. The fourth-order valence-corrected chi connectivity index (χ4v) is 0. The van der Waals surface area contributed by atoms with Crippen LogP contribution in [0.25, 0.3) is 0 Å². The summed E-state index contributed by atoms with van der Waals surface area (Å²) in [6.45, 7) is 0. The number of hydrogen-bond acceptors (Lipinski definition) is 0. The van der Waals surface area contributed by atoms with Gasteiger partial charge < -0.3 is 19.3 Å². The first kappa shape index (κ1) is 49.5. The normalized spacial score (nSPS) is 0. The van der Waals surface area contributed by atoms with Gasteiger partial charge >= 0.3 is 48.9 Å². The molecule has 0 heterocycles. The fourth-order valence-electron chi connectivity index (χ4n) is 0. The molecule has 40 valence electrons. The van der Waals surface area contributed by atoms with E-state index in [0.717, 1.165) is 0 Å². The summed E-state index contributed by atoms with van der Waals surface area (Å²) in [7, 11) is 0. The molecule has 6 heavy (non-hydrogen) atoms. The van der Waals surface area contributed by atoms with E-state index in [1.807, 2.05) is 0 Å². The molecule has 0 aromatic heterocycles. The van der Waals surface area contributed by atoms with Gasteiger partial charge in [0, 0.05) is 80.8 Å². The standard InChI is InChI=1S/Ba.3H2O.2Sm.2H/h;3*1H2;;;;/q+2;;;;;;2*-1. The van der Waals surface area contributed by atoms with Crippen LogP contribution in [0.1, 0.15) is 2.85 Å². The fraction of sp³-hybridized carbons (Fsp3) is 0. The minimum Gasteiger partial charge on any atom is -1.00 e. The van der Waals surface area contributed by atoms with Gasteiger partial charge in [0.25, 0.3) is 0 Å². The number of hydrogen-bond donors (Lipinski definition) is 0. The Kier molecular flexibility index (Phi) is 292. The van der Waals surface area contributed by atoms with Crippen molar-refractivity contribution in [2.45, 2.75) is 0 Å². The Hall–Kier alpha value is 4.13. The molecule has 0 fully saturated rings. The molecule has 0 atom stereocenters. The molecule has 0 rings (SSSR count). The Balaban J connectivity index is 0. The zero-order valence-electron chi connectivity index (χ0n) is 5.02. The largest absolute Gasteiger partial charge is 2.00 e. The summed E-state index contributed by atoms with van der Waals surface area (Å²) in [5.41, 5.74) is 0. The first-order valence-corrected chi connectivity index (χ1v) is 0. The van der Waals surface area contributed by atoms with Gasteiger partial charge in [0.2, 0.25) is 0 Å². The van der Waals surface area contributed by atoms with Crippen LogP contribution in [0.2, 0.25) is 0 Å². The van der Waals surface area contributed by atoms with E-state index >= 15 is 0 Å². The van der Waals surface area contributed by atoms with Crippen LogP contribution in [-0.4, -0.2) is 65.3 Å². The SMILES string of the molecule is O.O.O.[Ba+2].[H-].[H-].[Sm].[Sm]. The van der Waals surface area contributed by atoms with Crippen molar-refractivity contribution in [1.82, 2.24) is 0 Å². The predicted octanol–water partition coefficient (Wildman–Crippen LogP) is -2.63. The Morgan fingerprint density at radius 1 is 0.667 bits per heavy atom. The molecule has 0 aliphatic rings. The molecular formula is H8BaO3Sm2. The van der Waals surface area contributed by atoms with Crippen LogP contribution in [0.3, 0.4) is 0 Å². The summed E-state index contributed by atoms with van der Waals surface area (Å²) in [6, 6.07) is 0. The first-order chi connectivity index (χ1) is 0. The van der Waals surface area contributed by atoms with E-state index in [1.54, 1.807) is 0 Å². The van der Waals surface area contributed by atoms with Crippen LogP contribution >= 0.6 is 0 Å². The van der Waals surface area contributed by atoms with Crippen molar-refractivity contribution in [3.8, 4) is 0 Å². The minimum absolute atomic E-state index is 0. The van der Waals surface area contributed by atoms with E-state index < -0.39 is 0 Å². The zero-order valence-corrected chi connectivity index (χ0v) is 12.7. The molecule has 6 heteroatoms. The van der Waals surface area contributed by atoms with Crippen LogP contribution in [-0.2, 0) is 0 Å². The molecule has 0 aliphatic carbocycles. The van der Waals surface area contributed by atoms with Gasteiger partial charge in [-0.1, -0.05) is 0 Å². The molecule has 6 N–H and O–H groups in total. The van der Waals surface area contributed by atoms with Crippen molar-refractivity contribution >= 4 is 48.9 Å². The molecule has 0 amide bonds. The average molecular weight is 494 g/mol. The van der Waals surface area contributed by atoms with Crippen molar-refractivity contribution in [1.29, 1.82) is 0 Å². The molecule has 0 bridgehead atoms. The van der Waals surface area contributed by atoms with Gasteiger partial charge in [-0.05, 0) is 0 Å². The van der Waals surface area contributed by atoms with Crippen molar-refractivity contribution in [2.24, 2.45) is 0 Å². The minimum atomic E-state index is 0. The molecule has 0 unspecified atom stereocenters. The summed E-state index contributed by atoms with van der Waals surface area (Å²) in [4.78, 5) is 0. The van der Waals surface area contributed by atoms with Crippen LogP contribution in [0.4, 0.5) is 0 Å². The van der Waals surface area contributed by atoms with Gasteiger partial charge in [-0.25, -0.2) is 0 Å². The molecule has 3 nitrogen and oxygen atoms in total. The Morgan fingerprint density at radius 2 is 0.667 bits per heavy atom. The molecular weight excluding hydrogens is 486 g/mol. The van der Waals surface area contributed by atoms with Crippen molar-refractivity contribution in [3.05, 3.63) is 0 Å². The maximum absolute atomic E-state index is 0. The smallest absolute Gasteiger partial charge is 1.00 e. The Morgan fingerprint density at radius 3 is 0.667 bits per heavy atom. The summed E-state index contributed by atoms with van der Waals surface area (Å²) in [5.74, 6) is 0. The summed E-state index contributed by atoms with van der Waals surface area (Å²) < 4.78 is 0. The first-order valence-electron chi connectivity index (χ1n) is 0. The van der Waals surface area contributed by atoms with E-state index in [-0.39, 0.29) is 149 Å². The molecule has 0 saturated carbocycles. The van der Waals surface area contributed by atoms with Crippen LogP contribution in [0.5, 0.6) is 0 Å². The van der Waals surface area contributed by atoms with Gasteiger partial charge in [0.15, 0.2) is 0 Å². The summed E-state index contributed by atoms with van der Waals surface area (Å²) in [5, 5.41) is 0. The second-order valence-corrected chi connectivity index (χ2v) is 0. The van der Waals surface area contributed by atoms with E-state index in [9.17, 15) is 0 Å². The van der Waals surface area contributed by atoms with Gasteiger partial charge in [-0.3, -0.25) is 0 Å². The maximum Gasteiger partial charge on any atom is 2.00 e. The second-order valence-electron chi connectivity index (χ2n) is 0. The van der Waals surface area contributed by atoms with Crippen molar-refractivity contribution in [3.63, 3.8) is 0 Å². The topological polar surface area (TPSA) is 94.5 Å². The Labute approximate surface area is 145 Å². The number of rotatable bonds is 0. The van der Waals surface area contributed by atoms with Crippen molar-refractivity contribution < 1.29 is 100 Å². The second kappa shape index (κ2) is 35.4. The predicted molar refractivity (Wildman–Crippen MR) is 18.8 cm³/mol. The quantitative estimate of drug-likeness (QED) is 0.330. The van der Waals surface area contributed by atoms with Gasteiger partial charge in [0.05, 0.1) is 0 Å². The molecule has 0 radical (unpaired) electrons. The van der Waals surface area contributed by atoms with Gasteiger partial charge in [-0.2, -0.15) is 0 Å². The molecule has 0 aromatic rings. The third-order valence-electron chi connectivity index (χ3n) is 0. The molecule has 0 spiro atoms. The average Bonchev–Trinajstić information content (AvgIpc) is 0. The van der Waals surface area contributed by atoms with Crippen LogP contribution < -0.4 is 0 Å². The van der Waals surface area contributed by atoms with E-state index in [0.29, 0.717) is 0 Å². The maximum atomic E-state index is 0. The van der Waals surface area contributed by atoms with Crippen LogP contribution in [0, 0.1) is 80.8 Å². The van der Waals surface area contributed by atoms with Gasteiger partial charge in [0.1, 0.15) is 0 Å². The van der Waals surface area contributed by atoms with Gasteiger partial charge in [-0.15, -0.1) is 0 Å². The van der Waals surface area contributed by atoms with Crippen molar-refractivity contribution in [2.75, 3.05) is 0 Å². The third kappa shape index (κ3) is 24.2.